The van der Waals surface area contributed by atoms with E-state index in [0.717, 1.165) is 19.3 Å². The van der Waals surface area contributed by atoms with Crippen LogP contribution in [-0.2, 0) is 54.4 Å². The number of aromatic hydroxyl groups is 1. The van der Waals surface area contributed by atoms with Gasteiger partial charge in [-0.2, -0.15) is 0 Å². The topological polar surface area (TPSA) is 397 Å². The predicted octanol–water partition coefficient (Wildman–Crippen LogP) is -6.17. The number of carboxylic acids is 1. The first kappa shape index (κ1) is 59.5. The highest BCUT2D eigenvalue weighted by Gasteiger charge is 2.42. The summed E-state index contributed by atoms with van der Waals surface area (Å²) in [4.78, 5) is 133. The Morgan fingerprint density at radius 1 is 0.613 bits per heavy atom. The fourth-order valence-electron chi connectivity index (χ4n) is 10.8. The smallest absolute Gasteiger partial charge is 0.243 e. The van der Waals surface area contributed by atoms with Crippen molar-refractivity contribution < 1.29 is 74.5 Å². The molecule has 2 saturated carbocycles. The van der Waals surface area contributed by atoms with E-state index in [1.54, 1.807) is 12.1 Å². The highest BCUT2D eigenvalue weighted by Crippen LogP contribution is 2.27. The number of quaternary nitrogens is 3. The Bertz CT molecular complexity index is 2170. The third-order valence-electron chi connectivity index (χ3n) is 15.1. The van der Waals surface area contributed by atoms with Crippen LogP contribution >= 0.6 is 0 Å². The summed E-state index contributed by atoms with van der Waals surface area (Å²) < 4.78 is 0. The van der Waals surface area contributed by atoms with Gasteiger partial charge in [-0.25, -0.2) is 0 Å². The molecule has 24 nitrogen and oxygen atoms in total. The molecule has 18 N–H and O–H groups in total. The van der Waals surface area contributed by atoms with Crippen molar-refractivity contribution in [2.45, 2.75) is 165 Å². The van der Waals surface area contributed by atoms with Crippen molar-refractivity contribution >= 4 is 59.1 Å². The second kappa shape index (κ2) is 29.6. The minimum atomic E-state index is -1.45. The van der Waals surface area contributed by atoms with Crippen molar-refractivity contribution in [3.8, 4) is 5.75 Å². The number of nitrogens with one attached hydrogen (secondary N) is 8. The van der Waals surface area contributed by atoms with Crippen LogP contribution in [0.3, 0.4) is 0 Å². The highest BCUT2D eigenvalue weighted by atomic mass is 16.4. The zero-order valence-corrected chi connectivity index (χ0v) is 43.5. The second-order valence-corrected chi connectivity index (χ2v) is 20.8. The number of carbonyl (C=O) groups excluding carboxylic acids is 10. The predicted molar refractivity (Wildman–Crippen MR) is 267 cm³/mol. The molecule has 8 unspecified atom stereocenters. The molecule has 416 valence electrons. The molecule has 1 aromatic carbocycles. The van der Waals surface area contributed by atoms with Crippen LogP contribution in [-0.4, -0.2) is 145 Å². The standard InChI is InChI=1S/C51H80N12O12/c1-28(44(53)68)56-47(71)34-26-54-23-20-38(34)60-50(74)41(18-19-43(66)67)62-46(70)33-10-4-6-12-37(33)58-51(75)42(25-30-14-16-31(65)17-15-30)63-48(72)35-27-55-24-21-39(35)59-49(73)40(13-7-8-22-52)61-45(69)32-9-3-5-11-36(32)57-29(2)64/h14-17,28,32-42,54-55,65H,3-13,18-27,52H2,1-2H3,(H2,53,68)(H,56,71)(H,57,64)(H,58,75)(H,59,73)(H,60,74)(H,61,69)(H,62,70)(H,63,72)(H,66,67)/p+2/t28-,32?,33?,34?,35?,36?,37?,38?,39?,40-,41-,42-/m1/s1. The molecule has 4 aliphatic rings. The molecule has 2 saturated heterocycles. The van der Waals surface area contributed by atoms with Crippen molar-refractivity contribution in [3.63, 3.8) is 0 Å². The van der Waals surface area contributed by atoms with Gasteiger partial charge in [0.25, 0.3) is 0 Å². The zero-order chi connectivity index (χ0) is 54.6. The number of piperidine rings is 2. The van der Waals surface area contributed by atoms with Crippen molar-refractivity contribution in [2.24, 2.45) is 29.4 Å². The number of benzene rings is 1. The van der Waals surface area contributed by atoms with E-state index in [1.807, 2.05) is 10.6 Å². The lowest BCUT2D eigenvalue weighted by molar-refractivity contribution is -0.667. The summed E-state index contributed by atoms with van der Waals surface area (Å²) in [5.41, 5.74) is 9.85. The Kier molecular flexibility index (Phi) is 23.5. The first-order valence-electron chi connectivity index (χ1n) is 26.9. The number of phenols is 1. The lowest BCUT2D eigenvalue weighted by Crippen LogP contribution is -2.90. The van der Waals surface area contributed by atoms with E-state index in [2.05, 4.69) is 48.3 Å². The largest absolute Gasteiger partial charge is 0.550 e. The highest BCUT2D eigenvalue weighted by molar-refractivity contribution is 5.93. The van der Waals surface area contributed by atoms with Gasteiger partial charge in [0.1, 0.15) is 41.8 Å². The zero-order valence-electron chi connectivity index (χ0n) is 43.5. The minimum absolute atomic E-state index is 0.00712. The van der Waals surface area contributed by atoms with Gasteiger partial charge < -0.3 is 79.6 Å². The van der Waals surface area contributed by atoms with Gasteiger partial charge in [0, 0.05) is 44.2 Å². The number of primary amides is 1. The average Bonchev–Trinajstić information content (AvgIpc) is 3.37. The minimum Gasteiger partial charge on any atom is -0.550 e. The number of unbranched alkanes of at least 4 members (excludes halogenated alkanes) is 1. The van der Waals surface area contributed by atoms with Gasteiger partial charge in [0.05, 0.1) is 56.6 Å². The maximum absolute atomic E-state index is 14.5. The second-order valence-electron chi connectivity index (χ2n) is 20.8. The van der Waals surface area contributed by atoms with Crippen molar-refractivity contribution in [1.29, 1.82) is 0 Å². The van der Waals surface area contributed by atoms with Crippen LogP contribution in [0.25, 0.3) is 0 Å². The lowest BCUT2D eigenvalue weighted by Gasteiger charge is -2.35. The van der Waals surface area contributed by atoms with E-state index >= 15 is 0 Å². The quantitative estimate of drug-likeness (QED) is 0.0407. The third kappa shape index (κ3) is 18.4. The van der Waals surface area contributed by atoms with Crippen LogP contribution in [0.15, 0.2) is 24.3 Å². The maximum Gasteiger partial charge on any atom is 0.243 e. The maximum atomic E-state index is 14.5. The molecule has 4 fully saturated rings. The van der Waals surface area contributed by atoms with Crippen molar-refractivity contribution in [1.82, 2.24) is 42.5 Å². The van der Waals surface area contributed by atoms with Crippen LogP contribution < -0.4 is 69.7 Å². The van der Waals surface area contributed by atoms with Gasteiger partial charge in [-0.15, -0.1) is 0 Å². The van der Waals surface area contributed by atoms with Crippen LogP contribution in [0.4, 0.5) is 0 Å². The number of amides is 9. The normalized spacial score (nSPS) is 25.3. The van der Waals surface area contributed by atoms with E-state index in [-0.39, 0.29) is 49.5 Å². The Hall–Kier alpha value is -6.40. The molecular formula is C51H82N12O12+2. The molecule has 5 rings (SSSR count). The Morgan fingerprint density at radius 3 is 1.55 bits per heavy atom. The van der Waals surface area contributed by atoms with Gasteiger partial charge in [-0.1, -0.05) is 37.8 Å². The SMILES string of the molecule is CC(=O)NC1CCCCC1C(=O)N[C@H](CCCC[NH3+])C(=O)NC1CC[NH2+]CC1C(=O)N[C@H](Cc1ccc(O)cc1)C(=O)NC1CCCCC1C(=O)N[C@H](CCC(=O)[O-])C(=O)NC1CC[NH2+]CC1C(=O)N[C@H](C)C(N)=O. The molecule has 1 aromatic rings. The molecule has 75 heavy (non-hydrogen) atoms. The van der Waals surface area contributed by atoms with E-state index in [9.17, 15) is 58.2 Å². The van der Waals surface area contributed by atoms with E-state index in [0.29, 0.717) is 89.4 Å². The molecule has 2 aliphatic heterocycles. The lowest BCUT2D eigenvalue weighted by atomic mass is 9.83. The average molecular weight is 1060 g/mol. The Balaban J connectivity index is 1.30. The molecular weight excluding hydrogens is 973 g/mol. The first-order chi connectivity index (χ1) is 35.8. The number of carbonyl (C=O) groups is 10. The van der Waals surface area contributed by atoms with Crippen molar-refractivity contribution in [3.05, 3.63) is 29.8 Å². The number of hydrogen-bond acceptors (Lipinski definition) is 12. The monoisotopic (exact) mass is 1050 g/mol. The molecule has 0 spiro atoms. The number of rotatable bonds is 25. The summed E-state index contributed by atoms with van der Waals surface area (Å²) in [6.45, 7) is 5.22. The molecule has 0 aromatic heterocycles. The number of aliphatic carboxylic acids is 1. The number of hydrogen-bond donors (Lipinski definition) is 13. The molecule has 12 atom stereocenters. The molecule has 2 aliphatic carbocycles. The first-order valence-corrected chi connectivity index (χ1v) is 26.9. The molecule has 24 heteroatoms. The molecule has 0 bridgehead atoms. The van der Waals surface area contributed by atoms with Crippen LogP contribution in [0, 0.1) is 23.7 Å². The van der Waals surface area contributed by atoms with Crippen LogP contribution in [0.1, 0.15) is 116 Å². The third-order valence-corrected chi connectivity index (χ3v) is 15.1. The van der Waals surface area contributed by atoms with E-state index < -0.39 is 120 Å². The number of carboxylic acid groups (broad SMARTS) is 1. The summed E-state index contributed by atoms with van der Waals surface area (Å²) >= 11 is 0. The molecule has 0 radical (unpaired) electrons. The summed E-state index contributed by atoms with van der Waals surface area (Å²) in [6.07, 6.45) is 6.37. The Morgan fingerprint density at radius 2 is 1.05 bits per heavy atom. The van der Waals surface area contributed by atoms with Gasteiger partial charge in [-0.3, -0.25) is 43.2 Å². The summed E-state index contributed by atoms with van der Waals surface area (Å²) in [7, 11) is 0. The van der Waals surface area contributed by atoms with Gasteiger partial charge in [0.2, 0.25) is 53.2 Å². The summed E-state index contributed by atoms with van der Waals surface area (Å²) in [5, 5.41) is 48.4. The Labute approximate surface area is 437 Å². The van der Waals surface area contributed by atoms with Crippen LogP contribution in [0.2, 0.25) is 0 Å². The molecule has 9 amide bonds. The van der Waals surface area contributed by atoms with Crippen LogP contribution in [0.5, 0.6) is 5.75 Å². The number of nitrogens with two attached hydrogens (primary N) is 3. The summed E-state index contributed by atoms with van der Waals surface area (Å²) in [5.74, 6) is -9.07. The molecule has 2 heterocycles. The van der Waals surface area contributed by atoms with Gasteiger partial charge in [0.15, 0.2) is 0 Å². The summed E-state index contributed by atoms with van der Waals surface area (Å²) in [6, 6.07) is -0.766. The number of phenolic OH excluding ortho intramolecular Hbond substituents is 1. The fraction of sp³-hybridized carbons (Fsp3) is 0.686. The van der Waals surface area contributed by atoms with E-state index in [4.69, 9.17) is 5.73 Å². The fourth-order valence-corrected chi connectivity index (χ4v) is 10.8. The van der Waals surface area contributed by atoms with Crippen molar-refractivity contribution in [2.75, 3.05) is 32.7 Å². The van der Waals surface area contributed by atoms with Gasteiger partial charge in [-0.05, 0) is 82.4 Å². The van der Waals surface area contributed by atoms with E-state index in [1.165, 1.54) is 26.0 Å². The van der Waals surface area contributed by atoms with Gasteiger partial charge >= 0.3 is 0 Å².